The Morgan fingerprint density at radius 1 is 1.25 bits per heavy atom. The lowest BCUT2D eigenvalue weighted by atomic mass is 10.3. The van der Waals surface area contributed by atoms with Crippen LogP contribution in [0.3, 0.4) is 0 Å². The summed E-state index contributed by atoms with van der Waals surface area (Å²) >= 11 is 0.990. The van der Waals surface area contributed by atoms with Crippen molar-refractivity contribution in [3.05, 3.63) is 40.6 Å². The summed E-state index contributed by atoms with van der Waals surface area (Å²) < 4.78 is 1.58. The largest absolute Gasteiger partial charge is 0.414 e. The van der Waals surface area contributed by atoms with E-state index in [4.69, 9.17) is 0 Å². The molecule has 104 valence electrons. The summed E-state index contributed by atoms with van der Waals surface area (Å²) in [5.41, 5.74) is 1.77. The van der Waals surface area contributed by atoms with Gasteiger partial charge in [-0.25, -0.2) is 4.57 Å². The van der Waals surface area contributed by atoms with Gasteiger partial charge in [-0.15, -0.1) is 0 Å². The van der Waals surface area contributed by atoms with Gasteiger partial charge in [-0.1, -0.05) is 0 Å². The first-order valence-corrected chi connectivity index (χ1v) is 6.62. The zero-order valence-corrected chi connectivity index (χ0v) is 12.2. The van der Waals surface area contributed by atoms with Crippen LogP contribution < -0.4 is 9.47 Å². The number of hydrogen-bond acceptors (Lipinski definition) is 6. The molecule has 0 radical (unpaired) electrons. The Bertz CT molecular complexity index is 648. The number of rotatable bonds is 4. The minimum absolute atomic E-state index is 0.0457. The van der Waals surface area contributed by atoms with Crippen molar-refractivity contribution >= 4 is 32.8 Å². The summed E-state index contributed by atoms with van der Waals surface area (Å²) in [6, 6.07) is 7.57. The van der Waals surface area contributed by atoms with Gasteiger partial charge in [0.15, 0.2) is 6.20 Å². The molecule has 0 aliphatic rings. The third kappa shape index (κ3) is 3.15. The molecule has 0 aliphatic heterocycles. The van der Waals surface area contributed by atoms with Gasteiger partial charge in [-0.3, -0.25) is 10.1 Å². The Kier molecular flexibility index (Phi) is 4.04. The maximum absolute atomic E-state index is 10.7. The molecule has 0 saturated heterocycles. The van der Waals surface area contributed by atoms with Crippen molar-refractivity contribution in [2.75, 3.05) is 19.0 Å². The Labute approximate surface area is 120 Å². The zero-order chi connectivity index (χ0) is 14.7. The Morgan fingerprint density at radius 3 is 2.40 bits per heavy atom. The molecule has 0 amide bonds. The molecule has 0 bridgehead atoms. The minimum Gasteiger partial charge on any atom is -0.378 e. The Hall–Kier alpha value is -2.35. The molecule has 0 unspecified atom stereocenters. The van der Waals surface area contributed by atoms with E-state index in [0.29, 0.717) is 10.8 Å². The van der Waals surface area contributed by atoms with Gasteiger partial charge in [0, 0.05) is 31.1 Å². The van der Waals surface area contributed by atoms with Crippen molar-refractivity contribution in [3.63, 3.8) is 0 Å². The van der Waals surface area contributed by atoms with Crippen LogP contribution in [0.4, 0.5) is 21.5 Å². The molecule has 0 fully saturated rings. The molecule has 20 heavy (non-hydrogen) atoms. The van der Waals surface area contributed by atoms with E-state index >= 15 is 0 Å². The SMILES string of the molecule is CN(C)c1ccc(N=Nc2sc([N+](=O)[O-])c[n+]2C)cc1. The van der Waals surface area contributed by atoms with Gasteiger partial charge >= 0.3 is 10.1 Å². The zero-order valence-electron chi connectivity index (χ0n) is 11.3. The minimum atomic E-state index is -0.435. The number of benzene rings is 1. The van der Waals surface area contributed by atoms with E-state index in [1.807, 2.05) is 43.3 Å². The number of thiazole rings is 1. The Morgan fingerprint density at radius 2 is 1.90 bits per heavy atom. The number of hydrogen-bond donors (Lipinski definition) is 0. The van der Waals surface area contributed by atoms with Crippen molar-refractivity contribution in [1.29, 1.82) is 0 Å². The first kappa shape index (κ1) is 14.1. The van der Waals surface area contributed by atoms with Crippen molar-refractivity contribution in [2.24, 2.45) is 17.3 Å². The van der Waals surface area contributed by atoms with Crippen LogP contribution in [0.15, 0.2) is 40.7 Å². The average molecular weight is 292 g/mol. The molecule has 7 nitrogen and oxygen atoms in total. The molecular weight excluding hydrogens is 278 g/mol. The molecule has 8 heteroatoms. The normalized spacial score (nSPS) is 10.9. The standard InChI is InChI=1S/C12H14N5O2S/c1-15(2)10-6-4-9(5-7-10)13-14-12-16(3)8-11(20-12)17(18)19/h4-8H,1-3H3/q+1. The van der Waals surface area contributed by atoms with E-state index in [1.54, 1.807) is 11.6 Å². The van der Waals surface area contributed by atoms with E-state index < -0.39 is 4.92 Å². The van der Waals surface area contributed by atoms with Gasteiger partial charge in [0.05, 0.1) is 17.1 Å². The van der Waals surface area contributed by atoms with Gasteiger partial charge in [0.1, 0.15) is 5.69 Å². The summed E-state index contributed by atoms with van der Waals surface area (Å²) in [5.74, 6) is 0. The van der Waals surface area contributed by atoms with Crippen LogP contribution in [0.2, 0.25) is 0 Å². The van der Waals surface area contributed by atoms with Crippen LogP contribution in [-0.2, 0) is 7.05 Å². The second-order valence-electron chi connectivity index (χ2n) is 4.33. The number of nitro groups is 1. The number of aromatic nitrogens is 1. The Balaban J connectivity index is 2.18. The van der Waals surface area contributed by atoms with Crippen molar-refractivity contribution < 1.29 is 9.49 Å². The maximum atomic E-state index is 10.7. The maximum Gasteiger partial charge on any atom is 0.414 e. The summed E-state index contributed by atoms with van der Waals surface area (Å²) in [7, 11) is 5.62. The predicted molar refractivity (Wildman–Crippen MR) is 77.1 cm³/mol. The highest BCUT2D eigenvalue weighted by molar-refractivity contribution is 7.17. The fraction of sp³-hybridized carbons (Fsp3) is 0.250. The second kappa shape index (κ2) is 5.74. The molecule has 2 rings (SSSR count). The third-order valence-corrected chi connectivity index (χ3v) is 3.61. The number of azo groups is 1. The van der Waals surface area contributed by atoms with Gasteiger partial charge in [-0.2, -0.15) is 0 Å². The monoisotopic (exact) mass is 292 g/mol. The summed E-state index contributed by atoms with van der Waals surface area (Å²) in [6.07, 6.45) is 1.42. The smallest absolute Gasteiger partial charge is 0.378 e. The number of anilines is 1. The lowest BCUT2D eigenvalue weighted by Gasteiger charge is -2.11. The highest BCUT2D eigenvalue weighted by Crippen LogP contribution is 2.27. The predicted octanol–water partition coefficient (Wildman–Crippen LogP) is 2.96. The van der Waals surface area contributed by atoms with Crippen LogP contribution in [-0.4, -0.2) is 19.0 Å². The molecular formula is C12H14N5O2S+. The van der Waals surface area contributed by atoms with Crippen LogP contribution in [0, 0.1) is 10.1 Å². The average Bonchev–Trinajstić information content (AvgIpc) is 2.78. The quantitative estimate of drug-likeness (QED) is 0.376. The van der Waals surface area contributed by atoms with Crippen molar-refractivity contribution in [1.82, 2.24) is 0 Å². The molecule has 0 aliphatic carbocycles. The van der Waals surface area contributed by atoms with E-state index in [-0.39, 0.29) is 5.00 Å². The summed E-state index contributed by atoms with van der Waals surface area (Å²) in [4.78, 5) is 12.2. The lowest BCUT2D eigenvalue weighted by molar-refractivity contribution is -0.656. The van der Waals surface area contributed by atoms with E-state index in [0.717, 1.165) is 17.0 Å². The highest BCUT2D eigenvalue weighted by Gasteiger charge is 2.20. The van der Waals surface area contributed by atoms with E-state index in [9.17, 15) is 10.1 Å². The number of nitrogens with zero attached hydrogens (tertiary/aromatic N) is 5. The van der Waals surface area contributed by atoms with Gasteiger partial charge in [0.25, 0.3) is 0 Å². The second-order valence-corrected chi connectivity index (χ2v) is 5.32. The molecule has 0 atom stereocenters. The van der Waals surface area contributed by atoms with Crippen LogP contribution in [0.25, 0.3) is 0 Å². The molecule has 0 N–H and O–H groups in total. The first-order chi connectivity index (χ1) is 9.47. The topological polar surface area (TPSA) is 75.0 Å². The van der Waals surface area contributed by atoms with Crippen LogP contribution in [0.1, 0.15) is 0 Å². The molecule has 0 spiro atoms. The lowest BCUT2D eigenvalue weighted by Crippen LogP contribution is -2.23. The molecule has 1 heterocycles. The summed E-state index contributed by atoms with van der Waals surface area (Å²) in [6.45, 7) is 0. The highest BCUT2D eigenvalue weighted by atomic mass is 32.1. The number of aryl methyl sites for hydroxylation is 1. The van der Waals surface area contributed by atoms with Gasteiger partial charge in [0.2, 0.25) is 0 Å². The fourth-order valence-electron chi connectivity index (χ4n) is 1.51. The van der Waals surface area contributed by atoms with Crippen molar-refractivity contribution in [3.8, 4) is 0 Å². The molecule has 1 aromatic heterocycles. The van der Waals surface area contributed by atoms with E-state index in [2.05, 4.69) is 10.2 Å². The van der Waals surface area contributed by atoms with Gasteiger partial charge in [-0.05, 0) is 29.4 Å². The first-order valence-electron chi connectivity index (χ1n) is 5.80. The van der Waals surface area contributed by atoms with Crippen LogP contribution >= 0.6 is 11.3 Å². The fourth-order valence-corrected chi connectivity index (χ4v) is 2.26. The van der Waals surface area contributed by atoms with Gasteiger partial charge < -0.3 is 4.90 Å². The molecule has 1 aromatic carbocycles. The third-order valence-electron chi connectivity index (χ3n) is 2.60. The summed E-state index contributed by atoms with van der Waals surface area (Å²) in [5, 5.41) is 19.3. The molecule has 2 aromatic rings. The van der Waals surface area contributed by atoms with Crippen molar-refractivity contribution in [2.45, 2.75) is 0 Å². The molecule has 0 saturated carbocycles. The van der Waals surface area contributed by atoms with Crippen LogP contribution in [0.5, 0.6) is 0 Å². The van der Waals surface area contributed by atoms with E-state index in [1.165, 1.54) is 6.20 Å².